The van der Waals surface area contributed by atoms with Crippen molar-refractivity contribution in [3.63, 3.8) is 0 Å². The van der Waals surface area contributed by atoms with Gasteiger partial charge in [-0.1, -0.05) is 66.9 Å². The van der Waals surface area contributed by atoms with Gasteiger partial charge >= 0.3 is 0 Å². The zero-order valence-corrected chi connectivity index (χ0v) is 23.9. The van der Waals surface area contributed by atoms with Crippen LogP contribution < -0.4 is 9.62 Å². The van der Waals surface area contributed by atoms with Crippen molar-refractivity contribution in [3.8, 4) is 0 Å². The minimum atomic E-state index is -4.31. The second-order valence-corrected chi connectivity index (χ2v) is 12.1. The van der Waals surface area contributed by atoms with E-state index in [0.717, 1.165) is 47.2 Å². The highest BCUT2D eigenvalue weighted by Gasteiger charge is 2.33. The van der Waals surface area contributed by atoms with E-state index in [1.54, 1.807) is 25.1 Å². The van der Waals surface area contributed by atoms with Gasteiger partial charge in [-0.25, -0.2) is 8.42 Å². The van der Waals surface area contributed by atoms with Crippen LogP contribution >= 0.6 is 0 Å². The SMILES string of the molecule is Cc1ccc(CN(C(=O)CN(c2cccc([N+](=O)[O-])c2)S(=O)(=O)c2ccccc2)C(C)C(=O)NC2CCCC2)cc1. The first-order valence-corrected chi connectivity index (χ1v) is 15.0. The van der Waals surface area contributed by atoms with Crippen molar-refractivity contribution in [2.75, 3.05) is 10.8 Å². The van der Waals surface area contributed by atoms with Crippen LogP contribution in [0.25, 0.3) is 0 Å². The minimum Gasteiger partial charge on any atom is -0.352 e. The lowest BCUT2D eigenvalue weighted by atomic mass is 10.1. The van der Waals surface area contributed by atoms with Crippen LogP contribution in [0.3, 0.4) is 0 Å². The predicted octanol–water partition coefficient (Wildman–Crippen LogP) is 4.57. The van der Waals surface area contributed by atoms with Gasteiger partial charge in [0.2, 0.25) is 11.8 Å². The summed E-state index contributed by atoms with van der Waals surface area (Å²) in [4.78, 5) is 39.4. The summed E-state index contributed by atoms with van der Waals surface area (Å²) in [7, 11) is -4.31. The maximum Gasteiger partial charge on any atom is 0.271 e. The number of sulfonamides is 1. The fraction of sp³-hybridized carbons (Fsp3) is 0.333. The molecule has 1 N–H and O–H groups in total. The number of nitrogens with zero attached hydrogens (tertiary/aromatic N) is 3. The fourth-order valence-corrected chi connectivity index (χ4v) is 6.30. The first-order chi connectivity index (χ1) is 19.6. The maximum atomic E-state index is 14.0. The Kier molecular flexibility index (Phi) is 9.38. The second-order valence-electron chi connectivity index (χ2n) is 10.3. The summed E-state index contributed by atoms with van der Waals surface area (Å²) in [5, 5.41) is 14.5. The summed E-state index contributed by atoms with van der Waals surface area (Å²) in [5.74, 6) is -0.934. The third kappa shape index (κ3) is 7.29. The van der Waals surface area contributed by atoms with E-state index in [9.17, 15) is 28.1 Å². The molecule has 216 valence electrons. The van der Waals surface area contributed by atoms with E-state index >= 15 is 0 Å². The summed E-state index contributed by atoms with van der Waals surface area (Å²) in [6.07, 6.45) is 3.81. The van der Waals surface area contributed by atoms with Crippen LogP contribution in [0.1, 0.15) is 43.7 Å². The maximum absolute atomic E-state index is 14.0. The summed E-state index contributed by atoms with van der Waals surface area (Å²) < 4.78 is 28.5. The molecule has 4 rings (SSSR count). The summed E-state index contributed by atoms with van der Waals surface area (Å²) in [6, 6.07) is 19.4. The van der Waals surface area contributed by atoms with Crippen molar-refractivity contribution >= 4 is 33.2 Å². The number of nitrogens with one attached hydrogen (secondary N) is 1. The van der Waals surface area contributed by atoms with Gasteiger partial charge in [0, 0.05) is 24.7 Å². The van der Waals surface area contributed by atoms with E-state index < -0.39 is 33.4 Å². The van der Waals surface area contributed by atoms with Gasteiger partial charge in [0.25, 0.3) is 15.7 Å². The summed E-state index contributed by atoms with van der Waals surface area (Å²) in [5.41, 5.74) is 1.46. The number of amides is 2. The van der Waals surface area contributed by atoms with E-state index in [1.807, 2.05) is 31.2 Å². The molecule has 1 aliphatic rings. The molecular weight excluding hydrogens is 544 g/mol. The molecular formula is C30H34N4O6S. The van der Waals surface area contributed by atoms with Crippen LogP contribution in [0.15, 0.2) is 83.8 Å². The number of carbonyl (C=O) groups is 2. The monoisotopic (exact) mass is 578 g/mol. The lowest BCUT2D eigenvalue weighted by Gasteiger charge is -2.32. The Morgan fingerprint density at radius 1 is 1.00 bits per heavy atom. The smallest absolute Gasteiger partial charge is 0.271 e. The zero-order chi connectivity index (χ0) is 29.6. The molecule has 1 saturated carbocycles. The number of anilines is 1. The van der Waals surface area contributed by atoms with Crippen LogP contribution in [0.4, 0.5) is 11.4 Å². The normalized spacial score (nSPS) is 14.3. The number of nitro groups is 1. The number of hydrogen-bond acceptors (Lipinski definition) is 6. The van der Waals surface area contributed by atoms with Gasteiger partial charge in [0.05, 0.1) is 15.5 Å². The van der Waals surface area contributed by atoms with Gasteiger partial charge in [-0.05, 0) is 50.5 Å². The van der Waals surface area contributed by atoms with Crippen molar-refractivity contribution in [3.05, 3.63) is 100 Å². The van der Waals surface area contributed by atoms with Gasteiger partial charge in [0.15, 0.2) is 0 Å². The number of nitro benzene ring substituents is 1. The van der Waals surface area contributed by atoms with Crippen LogP contribution in [-0.2, 0) is 26.2 Å². The van der Waals surface area contributed by atoms with Crippen molar-refractivity contribution in [2.24, 2.45) is 0 Å². The number of aryl methyl sites for hydroxylation is 1. The van der Waals surface area contributed by atoms with Crippen molar-refractivity contribution < 1.29 is 22.9 Å². The topological polar surface area (TPSA) is 130 Å². The van der Waals surface area contributed by atoms with Gasteiger partial charge in [-0.15, -0.1) is 0 Å². The highest BCUT2D eigenvalue weighted by Crippen LogP contribution is 2.28. The van der Waals surface area contributed by atoms with E-state index in [-0.39, 0.29) is 34.8 Å². The molecule has 1 aliphatic carbocycles. The van der Waals surface area contributed by atoms with Gasteiger partial charge < -0.3 is 10.2 Å². The number of benzene rings is 3. The van der Waals surface area contributed by atoms with Gasteiger partial charge in [-0.3, -0.25) is 24.0 Å². The number of carbonyl (C=O) groups excluding carboxylic acids is 2. The number of hydrogen-bond donors (Lipinski definition) is 1. The lowest BCUT2D eigenvalue weighted by Crippen LogP contribution is -2.52. The van der Waals surface area contributed by atoms with Crippen LogP contribution in [0, 0.1) is 17.0 Å². The molecule has 0 radical (unpaired) electrons. The Hall–Kier alpha value is -4.25. The average molecular weight is 579 g/mol. The molecule has 3 aromatic carbocycles. The predicted molar refractivity (Wildman–Crippen MR) is 156 cm³/mol. The molecule has 0 spiro atoms. The van der Waals surface area contributed by atoms with Gasteiger partial charge in [0.1, 0.15) is 12.6 Å². The van der Waals surface area contributed by atoms with Crippen LogP contribution in [0.2, 0.25) is 0 Å². The molecule has 1 atom stereocenters. The average Bonchev–Trinajstić information content (AvgIpc) is 3.48. The molecule has 0 heterocycles. The number of non-ortho nitro benzene ring substituents is 1. The molecule has 10 nitrogen and oxygen atoms in total. The molecule has 41 heavy (non-hydrogen) atoms. The Morgan fingerprint density at radius 2 is 1.66 bits per heavy atom. The highest BCUT2D eigenvalue weighted by molar-refractivity contribution is 7.92. The van der Waals surface area contributed by atoms with E-state index in [1.165, 1.54) is 35.2 Å². The Balaban J connectivity index is 1.70. The molecule has 0 aromatic heterocycles. The van der Waals surface area contributed by atoms with Crippen molar-refractivity contribution in [1.82, 2.24) is 10.2 Å². The van der Waals surface area contributed by atoms with Crippen molar-refractivity contribution in [1.29, 1.82) is 0 Å². The molecule has 1 unspecified atom stereocenters. The van der Waals surface area contributed by atoms with Crippen LogP contribution in [-0.4, -0.2) is 48.7 Å². The first-order valence-electron chi connectivity index (χ1n) is 13.5. The molecule has 0 aliphatic heterocycles. The first kappa shape index (κ1) is 29.7. The van der Waals surface area contributed by atoms with E-state index in [0.29, 0.717) is 0 Å². The Labute approximate surface area is 240 Å². The largest absolute Gasteiger partial charge is 0.352 e. The summed E-state index contributed by atoms with van der Waals surface area (Å²) >= 11 is 0. The Bertz CT molecular complexity index is 1490. The third-order valence-corrected chi connectivity index (χ3v) is 9.07. The van der Waals surface area contributed by atoms with Gasteiger partial charge in [-0.2, -0.15) is 0 Å². The fourth-order valence-electron chi connectivity index (χ4n) is 4.87. The molecule has 0 saturated heterocycles. The second kappa shape index (κ2) is 12.9. The molecule has 1 fully saturated rings. The van der Waals surface area contributed by atoms with Crippen LogP contribution in [0.5, 0.6) is 0 Å². The zero-order valence-electron chi connectivity index (χ0n) is 23.1. The number of rotatable bonds is 11. The van der Waals surface area contributed by atoms with E-state index in [4.69, 9.17) is 0 Å². The quantitative estimate of drug-likeness (QED) is 0.262. The minimum absolute atomic E-state index is 0.0326. The summed E-state index contributed by atoms with van der Waals surface area (Å²) in [6.45, 7) is 2.98. The third-order valence-electron chi connectivity index (χ3n) is 7.28. The standard InChI is InChI=1S/C30H34N4O6S/c1-22-15-17-24(18-16-22)20-32(23(2)30(36)31-25-9-6-7-10-25)29(35)21-33(26-11-8-12-27(19-26)34(37)38)41(39,40)28-13-4-3-5-14-28/h3-5,8,11-19,23,25H,6-7,9-10,20-21H2,1-2H3,(H,31,36). The molecule has 0 bridgehead atoms. The lowest BCUT2D eigenvalue weighted by molar-refractivity contribution is -0.384. The molecule has 11 heteroatoms. The van der Waals surface area contributed by atoms with E-state index in [2.05, 4.69) is 5.32 Å². The van der Waals surface area contributed by atoms with Crippen molar-refractivity contribution in [2.45, 2.75) is 63.1 Å². The molecule has 2 amide bonds. The highest BCUT2D eigenvalue weighted by atomic mass is 32.2. The Morgan fingerprint density at radius 3 is 2.29 bits per heavy atom. The molecule has 3 aromatic rings.